The summed E-state index contributed by atoms with van der Waals surface area (Å²) in [6.07, 6.45) is 26.5. The van der Waals surface area contributed by atoms with Gasteiger partial charge in [0.1, 0.15) is 0 Å². The molecule has 0 saturated heterocycles. The third kappa shape index (κ3) is 13.9. The minimum atomic E-state index is 0.734. The Morgan fingerprint density at radius 2 is 0.795 bits per heavy atom. The van der Waals surface area contributed by atoms with Gasteiger partial charge in [-0.25, -0.2) is 0 Å². The van der Waals surface area contributed by atoms with Crippen molar-refractivity contribution in [3.8, 4) is 32.4 Å². The normalized spacial score (nSPS) is 11.4. The number of unbranched alkanes of at least 4 members (excludes halogenated alkanes) is 18. The van der Waals surface area contributed by atoms with E-state index in [9.17, 15) is 0 Å². The molecule has 0 saturated carbocycles. The summed E-state index contributed by atoms with van der Waals surface area (Å²) in [5.74, 6) is 1.75. The molecule has 1 aromatic carbocycles. The second-order valence-electron chi connectivity index (χ2n) is 12.1. The fourth-order valence-electron chi connectivity index (χ4n) is 5.68. The van der Waals surface area contributed by atoms with Gasteiger partial charge in [-0.2, -0.15) is 0 Å². The fraction of sp³-hybridized carbons (Fsp3) is 0.632. The van der Waals surface area contributed by atoms with Gasteiger partial charge in [0.15, 0.2) is 11.5 Å². The molecular weight excluding hydrogens is 712 g/mol. The van der Waals surface area contributed by atoms with Gasteiger partial charge in [0.05, 0.1) is 13.2 Å². The summed E-state index contributed by atoms with van der Waals surface area (Å²) in [6, 6.07) is 8.71. The Morgan fingerprint density at radius 1 is 0.477 bits per heavy atom. The maximum atomic E-state index is 6.50. The number of halogens is 2. The van der Waals surface area contributed by atoms with Gasteiger partial charge >= 0.3 is 0 Å². The Hall–Kier alpha value is -0.820. The zero-order valence-corrected chi connectivity index (χ0v) is 32.2. The number of hydrogen-bond donors (Lipinski definition) is 0. The predicted octanol–water partition coefficient (Wildman–Crippen LogP) is 15.3. The van der Waals surface area contributed by atoms with E-state index in [-0.39, 0.29) is 0 Å². The Morgan fingerprint density at radius 3 is 1.09 bits per heavy atom. The van der Waals surface area contributed by atoms with Gasteiger partial charge in [0, 0.05) is 29.8 Å². The molecule has 0 aliphatic rings. The van der Waals surface area contributed by atoms with Crippen LogP contribution in [0.4, 0.5) is 0 Å². The van der Waals surface area contributed by atoms with Gasteiger partial charge in [-0.15, -0.1) is 22.7 Å². The molecule has 0 bridgehead atoms. The Kier molecular flexibility index (Phi) is 20.1. The van der Waals surface area contributed by atoms with Crippen LogP contribution in [0.25, 0.3) is 20.9 Å². The van der Waals surface area contributed by atoms with E-state index < -0.39 is 0 Å². The van der Waals surface area contributed by atoms with Gasteiger partial charge in [0.25, 0.3) is 0 Å². The molecule has 2 heterocycles. The van der Waals surface area contributed by atoms with Crippen LogP contribution in [0.2, 0.25) is 0 Å². The van der Waals surface area contributed by atoms with Crippen LogP contribution < -0.4 is 9.47 Å². The monoisotopic (exact) mass is 766 g/mol. The fourth-order valence-corrected chi connectivity index (χ4v) is 8.91. The molecule has 2 nitrogen and oxygen atoms in total. The molecule has 0 N–H and O–H groups in total. The molecule has 0 aliphatic carbocycles. The molecule has 3 rings (SSSR count). The highest BCUT2D eigenvalue weighted by molar-refractivity contribution is 9.11. The number of thiophene rings is 2. The van der Waals surface area contributed by atoms with Crippen LogP contribution in [-0.2, 0) is 0 Å². The van der Waals surface area contributed by atoms with Crippen molar-refractivity contribution in [3.05, 3.63) is 44.0 Å². The zero-order chi connectivity index (χ0) is 31.2. The van der Waals surface area contributed by atoms with Crippen molar-refractivity contribution in [2.45, 2.75) is 142 Å². The molecule has 0 amide bonds. The van der Waals surface area contributed by atoms with Crippen molar-refractivity contribution >= 4 is 54.5 Å². The van der Waals surface area contributed by atoms with Crippen molar-refractivity contribution in [3.63, 3.8) is 0 Å². The summed E-state index contributed by atoms with van der Waals surface area (Å²) >= 11 is 11.1. The molecule has 0 aliphatic heterocycles. The van der Waals surface area contributed by atoms with Gasteiger partial charge in [-0.3, -0.25) is 0 Å². The van der Waals surface area contributed by atoms with Crippen LogP contribution in [0.15, 0.2) is 44.0 Å². The van der Waals surface area contributed by atoms with Gasteiger partial charge in [0.2, 0.25) is 0 Å². The lowest BCUT2D eigenvalue weighted by atomic mass is 10.0. The quantitative estimate of drug-likeness (QED) is 0.0757. The third-order valence-corrected chi connectivity index (χ3v) is 12.1. The van der Waals surface area contributed by atoms with Gasteiger partial charge in [-0.1, -0.05) is 129 Å². The molecule has 0 fully saturated rings. The largest absolute Gasteiger partial charge is 0.490 e. The van der Waals surface area contributed by atoms with E-state index in [2.05, 4.69) is 80.7 Å². The standard InChI is InChI=1S/C38H56Br2O2S2/c1-3-5-7-9-11-13-15-17-19-21-25-41-35-29-31(37-33(39)23-27-43-37)32(38-34(40)24-28-44-38)30-36(35)42-26-22-20-18-16-14-12-10-8-6-4-2/h23-24,27-30H,3-22,25-26H2,1-2H3. The van der Waals surface area contributed by atoms with Crippen LogP contribution in [0.5, 0.6) is 11.5 Å². The predicted molar refractivity (Wildman–Crippen MR) is 203 cm³/mol. The lowest BCUT2D eigenvalue weighted by molar-refractivity contribution is 0.258. The Balaban J connectivity index is 1.58. The van der Waals surface area contributed by atoms with Crippen molar-refractivity contribution in [1.29, 1.82) is 0 Å². The SMILES string of the molecule is CCCCCCCCCCCCOc1cc(-c2sccc2Br)c(-c2sccc2Br)cc1OCCCCCCCCCCCC. The highest BCUT2D eigenvalue weighted by Gasteiger charge is 2.20. The lowest BCUT2D eigenvalue weighted by Gasteiger charge is -2.18. The van der Waals surface area contributed by atoms with E-state index in [1.54, 1.807) is 22.7 Å². The van der Waals surface area contributed by atoms with Gasteiger partial charge in [-0.05, 0) is 79.7 Å². The van der Waals surface area contributed by atoms with Crippen LogP contribution >= 0.6 is 54.5 Å². The van der Waals surface area contributed by atoms with Crippen molar-refractivity contribution in [2.24, 2.45) is 0 Å². The molecular formula is C38H56Br2O2S2. The zero-order valence-electron chi connectivity index (χ0n) is 27.4. The number of rotatable bonds is 26. The second kappa shape index (κ2) is 23.5. The third-order valence-electron chi connectivity index (χ3n) is 8.32. The molecule has 2 aromatic heterocycles. The molecule has 3 aromatic rings. The second-order valence-corrected chi connectivity index (χ2v) is 15.6. The molecule has 44 heavy (non-hydrogen) atoms. The van der Waals surface area contributed by atoms with E-state index in [1.807, 2.05) is 0 Å². The van der Waals surface area contributed by atoms with E-state index in [0.29, 0.717) is 0 Å². The number of benzene rings is 1. The Labute approximate surface area is 294 Å². The van der Waals surface area contributed by atoms with Crippen LogP contribution in [0, 0.1) is 0 Å². The maximum Gasteiger partial charge on any atom is 0.161 e. The van der Waals surface area contributed by atoms with E-state index in [4.69, 9.17) is 9.47 Å². The van der Waals surface area contributed by atoms with E-state index in [1.165, 1.54) is 136 Å². The Bertz CT molecular complexity index is 1070. The highest BCUT2D eigenvalue weighted by Crippen LogP contribution is 2.48. The number of ether oxygens (including phenoxy) is 2. The summed E-state index contributed by atoms with van der Waals surface area (Å²) < 4.78 is 15.2. The topological polar surface area (TPSA) is 18.5 Å². The maximum absolute atomic E-state index is 6.50. The summed E-state index contributed by atoms with van der Waals surface area (Å²) in [5.41, 5.74) is 2.39. The van der Waals surface area contributed by atoms with E-state index in [0.717, 1.165) is 46.5 Å². The van der Waals surface area contributed by atoms with Crippen LogP contribution in [-0.4, -0.2) is 13.2 Å². The van der Waals surface area contributed by atoms with Crippen molar-refractivity contribution in [1.82, 2.24) is 0 Å². The molecule has 0 spiro atoms. The highest BCUT2D eigenvalue weighted by atomic mass is 79.9. The summed E-state index contributed by atoms with van der Waals surface area (Å²) in [4.78, 5) is 2.45. The first-order valence-electron chi connectivity index (χ1n) is 17.6. The molecule has 0 unspecified atom stereocenters. The van der Waals surface area contributed by atoms with E-state index >= 15 is 0 Å². The first-order chi connectivity index (χ1) is 21.7. The minimum absolute atomic E-state index is 0.734. The summed E-state index contributed by atoms with van der Waals surface area (Å²) in [5, 5.41) is 4.29. The first kappa shape index (κ1) is 37.6. The summed E-state index contributed by atoms with van der Waals surface area (Å²) in [7, 11) is 0. The van der Waals surface area contributed by atoms with Crippen molar-refractivity contribution < 1.29 is 9.47 Å². The average Bonchev–Trinajstić information content (AvgIpc) is 3.66. The lowest BCUT2D eigenvalue weighted by Crippen LogP contribution is -2.04. The molecule has 6 heteroatoms. The summed E-state index contributed by atoms with van der Waals surface area (Å²) in [6.45, 7) is 6.04. The molecule has 0 atom stereocenters. The van der Waals surface area contributed by atoms with Gasteiger partial charge < -0.3 is 9.47 Å². The average molecular weight is 769 g/mol. The van der Waals surface area contributed by atoms with Crippen LogP contribution in [0.3, 0.4) is 0 Å². The first-order valence-corrected chi connectivity index (χ1v) is 20.9. The van der Waals surface area contributed by atoms with Crippen LogP contribution in [0.1, 0.15) is 142 Å². The smallest absolute Gasteiger partial charge is 0.161 e. The number of hydrogen-bond acceptors (Lipinski definition) is 4. The van der Waals surface area contributed by atoms with Crippen molar-refractivity contribution in [2.75, 3.05) is 13.2 Å². The molecule has 0 radical (unpaired) electrons. The molecule has 246 valence electrons. The minimum Gasteiger partial charge on any atom is -0.490 e.